The van der Waals surface area contributed by atoms with Crippen LogP contribution in [0.1, 0.15) is 18.6 Å². The standard InChI is InChI=1S/C18H18F2N2O5S/c1-12-10-21(11-17(27-12)13-5-3-2-4-6-13)15-8-7-14(9-16(15)22(23)24)28(25,26)18(19)20/h2-9,12,17-18H,10-11H2,1H3. The fourth-order valence-corrected chi connectivity index (χ4v) is 3.94. The van der Waals surface area contributed by atoms with E-state index in [1.807, 2.05) is 37.3 Å². The molecule has 0 bridgehead atoms. The molecule has 0 saturated carbocycles. The molecule has 0 amide bonds. The molecule has 7 nitrogen and oxygen atoms in total. The van der Waals surface area contributed by atoms with E-state index in [1.54, 1.807) is 4.90 Å². The van der Waals surface area contributed by atoms with Gasteiger partial charge in [-0.1, -0.05) is 30.3 Å². The van der Waals surface area contributed by atoms with E-state index in [0.717, 1.165) is 11.6 Å². The molecule has 3 rings (SSSR count). The van der Waals surface area contributed by atoms with Crippen molar-refractivity contribution in [3.8, 4) is 0 Å². The zero-order valence-corrected chi connectivity index (χ0v) is 15.7. The van der Waals surface area contributed by atoms with Crippen LogP contribution in [0.2, 0.25) is 0 Å². The van der Waals surface area contributed by atoms with Crippen molar-refractivity contribution >= 4 is 21.2 Å². The van der Waals surface area contributed by atoms with Crippen molar-refractivity contribution in [3.63, 3.8) is 0 Å². The topological polar surface area (TPSA) is 89.8 Å². The molecule has 0 aromatic heterocycles. The molecule has 0 spiro atoms. The van der Waals surface area contributed by atoms with Gasteiger partial charge in [-0.3, -0.25) is 10.1 Å². The summed E-state index contributed by atoms with van der Waals surface area (Å²) in [5, 5.41) is 11.5. The number of halogens is 2. The van der Waals surface area contributed by atoms with Gasteiger partial charge in [0.25, 0.3) is 5.69 Å². The van der Waals surface area contributed by atoms with Crippen molar-refractivity contribution in [2.45, 2.75) is 29.8 Å². The van der Waals surface area contributed by atoms with Crippen LogP contribution in [0.15, 0.2) is 53.4 Å². The Balaban J connectivity index is 1.99. The van der Waals surface area contributed by atoms with E-state index < -0.39 is 31.1 Å². The minimum Gasteiger partial charge on any atom is -0.367 e. The fourth-order valence-electron chi connectivity index (χ4n) is 3.20. The van der Waals surface area contributed by atoms with Crippen molar-refractivity contribution in [2.24, 2.45) is 0 Å². The minimum absolute atomic E-state index is 0.161. The third kappa shape index (κ3) is 3.97. The van der Waals surface area contributed by atoms with Crippen LogP contribution in [0, 0.1) is 10.1 Å². The van der Waals surface area contributed by atoms with Crippen molar-refractivity contribution in [2.75, 3.05) is 18.0 Å². The number of hydrogen-bond donors (Lipinski definition) is 0. The summed E-state index contributed by atoms with van der Waals surface area (Å²) in [4.78, 5) is 11.7. The Morgan fingerprint density at radius 3 is 2.46 bits per heavy atom. The van der Waals surface area contributed by atoms with Crippen LogP contribution >= 0.6 is 0 Å². The molecule has 1 fully saturated rings. The van der Waals surface area contributed by atoms with Crippen LogP contribution in [0.25, 0.3) is 0 Å². The second kappa shape index (κ2) is 7.80. The van der Waals surface area contributed by atoms with Gasteiger partial charge in [-0.05, 0) is 24.6 Å². The summed E-state index contributed by atoms with van der Waals surface area (Å²) in [6.07, 6.45) is -0.586. The second-order valence-electron chi connectivity index (χ2n) is 6.46. The van der Waals surface area contributed by atoms with Gasteiger partial charge in [0.2, 0.25) is 9.84 Å². The Morgan fingerprint density at radius 1 is 1.18 bits per heavy atom. The lowest BCUT2D eigenvalue weighted by Crippen LogP contribution is -2.43. The van der Waals surface area contributed by atoms with Crippen molar-refractivity contribution < 1.29 is 26.9 Å². The van der Waals surface area contributed by atoms with E-state index >= 15 is 0 Å². The number of anilines is 1. The minimum atomic E-state index is -4.93. The number of ether oxygens (including phenoxy) is 1. The summed E-state index contributed by atoms with van der Waals surface area (Å²) in [6.45, 7) is 2.46. The maximum absolute atomic E-state index is 12.8. The molecular formula is C18H18F2N2O5S. The summed E-state index contributed by atoms with van der Waals surface area (Å²) in [5.74, 6) is -3.65. The van der Waals surface area contributed by atoms with E-state index in [-0.39, 0.29) is 17.9 Å². The highest BCUT2D eigenvalue weighted by molar-refractivity contribution is 7.91. The van der Waals surface area contributed by atoms with Gasteiger partial charge in [-0.15, -0.1) is 0 Å². The van der Waals surface area contributed by atoms with E-state index in [4.69, 9.17) is 4.74 Å². The smallest absolute Gasteiger partial charge is 0.341 e. The van der Waals surface area contributed by atoms with Crippen LogP contribution < -0.4 is 4.90 Å². The Morgan fingerprint density at radius 2 is 1.86 bits per heavy atom. The molecule has 1 aliphatic heterocycles. The number of nitrogens with zero attached hydrogens (tertiary/aromatic N) is 2. The van der Waals surface area contributed by atoms with Crippen LogP contribution in [0.3, 0.4) is 0 Å². The Labute approximate surface area is 160 Å². The fraction of sp³-hybridized carbons (Fsp3) is 0.333. The first kappa shape index (κ1) is 20.2. The number of rotatable bonds is 5. The van der Waals surface area contributed by atoms with E-state index in [0.29, 0.717) is 19.2 Å². The average Bonchev–Trinajstić information content (AvgIpc) is 2.67. The predicted octanol–water partition coefficient (Wildman–Crippen LogP) is 3.56. The molecule has 2 unspecified atom stereocenters. The first-order valence-corrected chi connectivity index (χ1v) is 10.0. The molecule has 10 heteroatoms. The van der Waals surface area contributed by atoms with Gasteiger partial charge in [0.1, 0.15) is 11.8 Å². The maximum Gasteiger partial charge on any atom is 0.341 e. The third-order valence-electron chi connectivity index (χ3n) is 4.48. The van der Waals surface area contributed by atoms with Crippen molar-refractivity contribution in [1.29, 1.82) is 0 Å². The maximum atomic E-state index is 12.8. The lowest BCUT2D eigenvalue weighted by atomic mass is 10.1. The molecule has 2 aromatic carbocycles. The lowest BCUT2D eigenvalue weighted by molar-refractivity contribution is -0.384. The highest BCUT2D eigenvalue weighted by atomic mass is 32.2. The van der Waals surface area contributed by atoms with Crippen LogP contribution in [0.5, 0.6) is 0 Å². The molecule has 1 saturated heterocycles. The summed E-state index contributed by atoms with van der Waals surface area (Å²) in [6, 6.07) is 12.2. The Bertz CT molecular complexity index is 969. The number of nitro groups is 1. The zero-order chi connectivity index (χ0) is 20.5. The lowest BCUT2D eigenvalue weighted by Gasteiger charge is -2.38. The van der Waals surface area contributed by atoms with Crippen LogP contribution in [0.4, 0.5) is 20.2 Å². The van der Waals surface area contributed by atoms with Crippen molar-refractivity contribution in [3.05, 3.63) is 64.2 Å². The highest BCUT2D eigenvalue weighted by Crippen LogP contribution is 2.36. The van der Waals surface area contributed by atoms with Gasteiger partial charge in [0.15, 0.2) is 0 Å². The largest absolute Gasteiger partial charge is 0.367 e. The number of morpholine rings is 1. The second-order valence-corrected chi connectivity index (χ2v) is 8.38. The first-order valence-electron chi connectivity index (χ1n) is 8.46. The monoisotopic (exact) mass is 412 g/mol. The summed E-state index contributed by atoms with van der Waals surface area (Å²) in [7, 11) is -4.93. The molecule has 1 aliphatic rings. The quantitative estimate of drug-likeness (QED) is 0.551. The van der Waals surface area contributed by atoms with E-state index in [1.165, 1.54) is 6.07 Å². The molecule has 0 radical (unpaired) electrons. The first-order chi connectivity index (χ1) is 13.2. The zero-order valence-electron chi connectivity index (χ0n) is 14.9. The van der Waals surface area contributed by atoms with Gasteiger partial charge in [0, 0.05) is 19.2 Å². The molecule has 2 atom stereocenters. The molecular weight excluding hydrogens is 394 g/mol. The number of sulfone groups is 1. The summed E-state index contributed by atoms with van der Waals surface area (Å²) >= 11 is 0. The van der Waals surface area contributed by atoms with Crippen LogP contribution in [-0.4, -0.2) is 38.3 Å². The molecule has 28 heavy (non-hydrogen) atoms. The molecule has 0 aliphatic carbocycles. The van der Waals surface area contributed by atoms with Gasteiger partial charge in [0.05, 0.1) is 15.9 Å². The van der Waals surface area contributed by atoms with Gasteiger partial charge >= 0.3 is 5.76 Å². The van der Waals surface area contributed by atoms with Crippen molar-refractivity contribution in [1.82, 2.24) is 0 Å². The average molecular weight is 412 g/mol. The molecule has 1 heterocycles. The number of hydrogen-bond acceptors (Lipinski definition) is 6. The normalized spacial score (nSPS) is 20.4. The third-order valence-corrected chi connectivity index (χ3v) is 5.86. The van der Waals surface area contributed by atoms with Gasteiger partial charge < -0.3 is 9.64 Å². The summed E-state index contributed by atoms with van der Waals surface area (Å²) in [5.41, 5.74) is 0.524. The van der Waals surface area contributed by atoms with E-state index in [2.05, 4.69) is 0 Å². The molecule has 2 aromatic rings. The summed E-state index contributed by atoms with van der Waals surface area (Å²) < 4.78 is 54.9. The predicted molar refractivity (Wildman–Crippen MR) is 98.2 cm³/mol. The number of alkyl halides is 2. The Hall–Kier alpha value is -2.59. The number of nitro benzene ring substituents is 1. The molecule has 0 N–H and O–H groups in total. The molecule has 150 valence electrons. The van der Waals surface area contributed by atoms with Gasteiger partial charge in [-0.25, -0.2) is 8.42 Å². The SMILES string of the molecule is CC1CN(c2ccc(S(=O)(=O)C(F)F)cc2[N+](=O)[O-])CC(c2ccccc2)O1. The highest BCUT2D eigenvalue weighted by Gasteiger charge is 2.33. The van der Waals surface area contributed by atoms with Gasteiger partial charge in [-0.2, -0.15) is 8.78 Å². The number of benzene rings is 2. The van der Waals surface area contributed by atoms with Crippen LogP contribution in [-0.2, 0) is 14.6 Å². The van der Waals surface area contributed by atoms with E-state index in [9.17, 15) is 27.3 Å². The Kier molecular flexibility index (Phi) is 5.61.